The molecule has 0 saturated carbocycles. The van der Waals surface area contributed by atoms with Crippen LogP contribution in [-0.2, 0) is 19.1 Å². The minimum absolute atomic E-state index is 0.636. The Morgan fingerprint density at radius 2 is 1.91 bits per heavy atom. The highest BCUT2D eigenvalue weighted by atomic mass is 32.1. The second-order valence-corrected chi connectivity index (χ2v) is 6.88. The molecule has 1 aliphatic heterocycles. The quantitative estimate of drug-likeness (QED) is 0.667. The van der Waals surface area contributed by atoms with Crippen molar-refractivity contribution in [1.29, 1.82) is 0 Å². The number of benzene rings is 1. The van der Waals surface area contributed by atoms with E-state index in [1.165, 1.54) is 22.7 Å². The average molecular weight is 337 g/mol. The maximum absolute atomic E-state index is 12.6. The molecule has 0 saturated heterocycles. The first kappa shape index (κ1) is 14.7. The molecule has 23 heavy (non-hydrogen) atoms. The third-order valence-corrected chi connectivity index (χ3v) is 5.23. The number of aromatic nitrogens is 2. The van der Waals surface area contributed by atoms with Crippen molar-refractivity contribution >= 4 is 16.3 Å². The molecule has 0 fully saturated rings. The number of imidazole rings is 1. The minimum Gasteiger partial charge on any atom is -0.301 e. The van der Waals surface area contributed by atoms with Crippen LogP contribution in [0, 0.1) is 0 Å². The van der Waals surface area contributed by atoms with Crippen LogP contribution < -0.4 is 0 Å². The summed E-state index contributed by atoms with van der Waals surface area (Å²) in [7, 11) is 2.10. The molecule has 7 heteroatoms. The van der Waals surface area contributed by atoms with E-state index < -0.39 is 11.7 Å². The van der Waals surface area contributed by atoms with Gasteiger partial charge in [-0.3, -0.25) is 4.40 Å². The predicted octanol–water partition coefficient (Wildman–Crippen LogP) is 4.07. The Kier molecular flexibility index (Phi) is 3.24. The van der Waals surface area contributed by atoms with E-state index in [0.29, 0.717) is 11.3 Å². The summed E-state index contributed by atoms with van der Waals surface area (Å²) < 4.78 is 40.0. The van der Waals surface area contributed by atoms with E-state index in [2.05, 4.69) is 21.3 Å². The zero-order chi connectivity index (χ0) is 16.2. The van der Waals surface area contributed by atoms with Crippen LogP contribution in [0.2, 0.25) is 0 Å². The van der Waals surface area contributed by atoms with Gasteiger partial charge in [-0.05, 0) is 19.2 Å². The van der Waals surface area contributed by atoms with Gasteiger partial charge in [0.05, 0.1) is 11.3 Å². The summed E-state index contributed by atoms with van der Waals surface area (Å²) in [4.78, 5) is 9.08. The molecular weight excluding hydrogens is 323 g/mol. The zero-order valence-corrected chi connectivity index (χ0v) is 13.2. The molecule has 3 heterocycles. The number of rotatable bonds is 1. The van der Waals surface area contributed by atoms with E-state index in [1.807, 2.05) is 6.20 Å². The molecule has 1 aliphatic rings. The monoisotopic (exact) mass is 337 g/mol. The lowest BCUT2D eigenvalue weighted by Crippen LogP contribution is -2.26. The van der Waals surface area contributed by atoms with Gasteiger partial charge in [0, 0.05) is 41.8 Å². The fourth-order valence-corrected chi connectivity index (χ4v) is 4.13. The lowest BCUT2D eigenvalue weighted by atomic mass is 10.1. The second-order valence-electron chi connectivity index (χ2n) is 5.81. The Morgan fingerprint density at radius 3 is 2.61 bits per heavy atom. The van der Waals surface area contributed by atoms with Crippen molar-refractivity contribution in [3.05, 3.63) is 46.6 Å². The fourth-order valence-electron chi connectivity index (χ4n) is 2.91. The minimum atomic E-state index is -4.31. The first-order chi connectivity index (χ1) is 10.9. The molecule has 1 aromatic carbocycles. The van der Waals surface area contributed by atoms with Gasteiger partial charge in [-0.1, -0.05) is 23.5 Å². The van der Waals surface area contributed by atoms with Gasteiger partial charge in [0.1, 0.15) is 0 Å². The first-order valence-electron chi connectivity index (χ1n) is 7.27. The zero-order valence-electron chi connectivity index (χ0n) is 12.4. The summed E-state index contributed by atoms with van der Waals surface area (Å²) in [6.45, 7) is 1.94. The highest BCUT2D eigenvalue weighted by Crippen LogP contribution is 2.33. The van der Waals surface area contributed by atoms with E-state index in [0.717, 1.165) is 36.6 Å². The van der Waals surface area contributed by atoms with Crippen molar-refractivity contribution in [2.24, 2.45) is 0 Å². The molecular formula is C16H14F3N3S. The highest BCUT2D eigenvalue weighted by molar-refractivity contribution is 7.17. The molecule has 0 unspecified atom stereocenters. The number of nitrogens with zero attached hydrogens (tertiary/aromatic N) is 3. The lowest BCUT2D eigenvalue weighted by molar-refractivity contribution is -0.137. The maximum Gasteiger partial charge on any atom is 0.416 e. The number of thiazole rings is 1. The molecule has 120 valence electrons. The third kappa shape index (κ3) is 2.53. The SMILES string of the molecule is CN1CCc2c(sc3nc(-c4ccc(C(F)(F)F)cc4)cn23)C1. The third-order valence-electron chi connectivity index (χ3n) is 4.15. The van der Waals surface area contributed by atoms with Crippen LogP contribution in [0.4, 0.5) is 13.2 Å². The van der Waals surface area contributed by atoms with Gasteiger partial charge in [0.15, 0.2) is 4.96 Å². The van der Waals surface area contributed by atoms with Crippen LogP contribution in [-0.4, -0.2) is 27.9 Å². The molecule has 0 N–H and O–H groups in total. The summed E-state index contributed by atoms with van der Waals surface area (Å²) in [5.74, 6) is 0. The number of fused-ring (bicyclic) bond motifs is 3. The summed E-state index contributed by atoms with van der Waals surface area (Å²) in [6, 6.07) is 5.17. The van der Waals surface area contributed by atoms with E-state index in [1.54, 1.807) is 11.3 Å². The number of hydrogen-bond donors (Lipinski definition) is 0. The maximum atomic E-state index is 12.6. The molecule has 4 rings (SSSR count). The van der Waals surface area contributed by atoms with Crippen molar-refractivity contribution in [3.63, 3.8) is 0 Å². The number of likely N-dealkylation sites (N-methyl/N-ethyl adjacent to an activating group) is 1. The number of hydrogen-bond acceptors (Lipinski definition) is 3. The van der Waals surface area contributed by atoms with Gasteiger partial charge in [-0.2, -0.15) is 13.2 Å². The van der Waals surface area contributed by atoms with Crippen molar-refractivity contribution in [1.82, 2.24) is 14.3 Å². The highest BCUT2D eigenvalue weighted by Gasteiger charge is 2.30. The topological polar surface area (TPSA) is 20.5 Å². The molecule has 0 bridgehead atoms. The summed E-state index contributed by atoms with van der Waals surface area (Å²) in [5.41, 5.74) is 2.05. The van der Waals surface area contributed by atoms with E-state index in [9.17, 15) is 13.2 Å². The molecule has 3 aromatic rings. The Morgan fingerprint density at radius 1 is 1.17 bits per heavy atom. The Balaban J connectivity index is 1.71. The van der Waals surface area contributed by atoms with Crippen LogP contribution >= 0.6 is 11.3 Å². The van der Waals surface area contributed by atoms with Gasteiger partial charge in [0.2, 0.25) is 0 Å². The smallest absolute Gasteiger partial charge is 0.301 e. The summed E-state index contributed by atoms with van der Waals surface area (Å²) in [6.07, 6.45) is -1.41. The van der Waals surface area contributed by atoms with Crippen LogP contribution in [0.1, 0.15) is 16.1 Å². The lowest BCUT2D eigenvalue weighted by Gasteiger charge is -2.21. The van der Waals surface area contributed by atoms with Gasteiger partial charge >= 0.3 is 6.18 Å². The van der Waals surface area contributed by atoms with Gasteiger partial charge in [-0.15, -0.1) is 0 Å². The molecule has 0 atom stereocenters. The number of halogens is 3. The second kappa shape index (κ2) is 5.07. The molecule has 2 aromatic heterocycles. The number of alkyl halides is 3. The largest absolute Gasteiger partial charge is 0.416 e. The Labute approximate surface area is 135 Å². The normalized spacial score (nSPS) is 16.0. The van der Waals surface area contributed by atoms with Gasteiger partial charge in [-0.25, -0.2) is 4.98 Å². The molecule has 0 amide bonds. The van der Waals surface area contributed by atoms with E-state index in [4.69, 9.17) is 0 Å². The van der Waals surface area contributed by atoms with Crippen molar-refractivity contribution in [3.8, 4) is 11.3 Å². The fraction of sp³-hybridized carbons (Fsp3) is 0.312. The summed E-state index contributed by atoms with van der Waals surface area (Å²) >= 11 is 1.66. The predicted molar refractivity (Wildman–Crippen MR) is 83.5 cm³/mol. The van der Waals surface area contributed by atoms with Crippen molar-refractivity contribution < 1.29 is 13.2 Å². The standard InChI is InChI=1S/C16H14F3N3S/c1-21-7-6-13-14(9-21)23-15-20-12(8-22(13)15)10-2-4-11(5-3-10)16(17,18)19/h2-5,8H,6-7,9H2,1H3. The average Bonchev–Trinajstić information content (AvgIpc) is 3.03. The first-order valence-corrected chi connectivity index (χ1v) is 8.09. The Bertz CT molecular complexity index is 861. The van der Waals surface area contributed by atoms with Crippen LogP contribution in [0.3, 0.4) is 0 Å². The summed E-state index contributed by atoms with van der Waals surface area (Å²) in [5, 5.41) is 0. The molecule has 0 aliphatic carbocycles. The van der Waals surface area contributed by atoms with Crippen LogP contribution in [0.5, 0.6) is 0 Å². The van der Waals surface area contributed by atoms with Crippen molar-refractivity contribution in [2.45, 2.75) is 19.1 Å². The van der Waals surface area contributed by atoms with Crippen LogP contribution in [0.25, 0.3) is 16.2 Å². The van der Waals surface area contributed by atoms with Crippen LogP contribution in [0.15, 0.2) is 30.5 Å². The van der Waals surface area contributed by atoms with Gasteiger partial charge < -0.3 is 4.90 Å². The van der Waals surface area contributed by atoms with Crippen molar-refractivity contribution in [2.75, 3.05) is 13.6 Å². The van der Waals surface area contributed by atoms with E-state index >= 15 is 0 Å². The Hall–Kier alpha value is -1.86. The molecule has 3 nitrogen and oxygen atoms in total. The van der Waals surface area contributed by atoms with Gasteiger partial charge in [0.25, 0.3) is 0 Å². The van der Waals surface area contributed by atoms with E-state index in [-0.39, 0.29) is 0 Å². The molecule has 0 radical (unpaired) electrons. The molecule has 0 spiro atoms.